The van der Waals surface area contributed by atoms with Crippen LogP contribution in [-0.4, -0.2) is 17.9 Å². The van der Waals surface area contributed by atoms with Crippen LogP contribution in [0.2, 0.25) is 0 Å². The SMILES string of the molecule is CC.CC/C=C\C1C(c2ccc(NN)c(N)c2Oc2ccc(F)cc2F)=CN(C)C(=O)C1C. The van der Waals surface area contributed by atoms with Crippen LogP contribution in [0.5, 0.6) is 11.5 Å². The van der Waals surface area contributed by atoms with Crippen LogP contribution < -0.4 is 21.7 Å². The van der Waals surface area contributed by atoms with Crippen LogP contribution in [-0.2, 0) is 4.79 Å². The van der Waals surface area contributed by atoms with Crippen LogP contribution in [0.1, 0.15) is 39.7 Å². The number of nitrogen functional groups attached to an aromatic ring is 2. The van der Waals surface area contributed by atoms with E-state index < -0.39 is 11.6 Å². The van der Waals surface area contributed by atoms with Gasteiger partial charge in [-0.1, -0.05) is 39.8 Å². The quantitative estimate of drug-likeness (QED) is 0.224. The number of nitrogens with two attached hydrogens (primary N) is 2. The van der Waals surface area contributed by atoms with E-state index in [2.05, 4.69) is 5.43 Å². The van der Waals surface area contributed by atoms with E-state index in [1.54, 1.807) is 25.4 Å². The molecule has 1 heterocycles. The van der Waals surface area contributed by atoms with E-state index >= 15 is 0 Å². The van der Waals surface area contributed by atoms with Gasteiger partial charge in [0.1, 0.15) is 11.5 Å². The van der Waals surface area contributed by atoms with Gasteiger partial charge in [-0.15, -0.1) is 0 Å². The number of hydrazine groups is 1. The molecule has 0 radical (unpaired) electrons. The van der Waals surface area contributed by atoms with Crippen LogP contribution in [0, 0.1) is 23.5 Å². The van der Waals surface area contributed by atoms with Crippen molar-refractivity contribution in [2.24, 2.45) is 17.7 Å². The molecule has 2 aromatic carbocycles. The summed E-state index contributed by atoms with van der Waals surface area (Å²) in [5, 5.41) is 0. The number of nitrogens with zero attached hydrogens (tertiary/aromatic N) is 1. The van der Waals surface area contributed by atoms with Gasteiger partial charge >= 0.3 is 0 Å². The molecule has 0 fully saturated rings. The summed E-state index contributed by atoms with van der Waals surface area (Å²) in [4.78, 5) is 14.1. The van der Waals surface area contributed by atoms with E-state index in [-0.39, 0.29) is 34.9 Å². The second-order valence-corrected chi connectivity index (χ2v) is 7.41. The normalized spacial score (nSPS) is 18.0. The molecule has 1 amide bonds. The fraction of sp³-hybridized carbons (Fsp3) is 0.320. The molecule has 2 unspecified atom stereocenters. The third kappa shape index (κ3) is 5.51. The molecule has 2 aromatic rings. The Balaban J connectivity index is 0.00000187. The van der Waals surface area contributed by atoms with Gasteiger partial charge in [0, 0.05) is 36.7 Å². The molecule has 0 bridgehead atoms. The van der Waals surface area contributed by atoms with E-state index in [1.807, 2.05) is 39.8 Å². The first-order chi connectivity index (χ1) is 15.8. The van der Waals surface area contributed by atoms with Gasteiger partial charge in [0.2, 0.25) is 5.91 Å². The number of carbonyl (C=O) groups is 1. The van der Waals surface area contributed by atoms with Crippen molar-refractivity contribution in [2.45, 2.75) is 34.1 Å². The molecule has 0 saturated heterocycles. The summed E-state index contributed by atoms with van der Waals surface area (Å²) in [6, 6.07) is 6.45. The minimum absolute atomic E-state index is 0.0187. The molecule has 6 nitrogen and oxygen atoms in total. The third-order valence-corrected chi connectivity index (χ3v) is 5.32. The summed E-state index contributed by atoms with van der Waals surface area (Å²) >= 11 is 0. The Morgan fingerprint density at radius 1 is 1.21 bits per heavy atom. The smallest absolute Gasteiger partial charge is 0.230 e. The number of rotatable bonds is 6. The summed E-state index contributed by atoms with van der Waals surface area (Å²) in [6.07, 6.45) is 6.51. The summed E-state index contributed by atoms with van der Waals surface area (Å²) < 4.78 is 33.5. The molecule has 0 aliphatic carbocycles. The van der Waals surface area contributed by atoms with E-state index in [0.29, 0.717) is 11.3 Å². The number of hydrogen-bond donors (Lipinski definition) is 3. The Morgan fingerprint density at radius 3 is 2.52 bits per heavy atom. The molecule has 2 atom stereocenters. The largest absolute Gasteiger partial charge is 0.451 e. The van der Waals surface area contributed by atoms with Crippen LogP contribution in [0.15, 0.2) is 48.7 Å². The Hall–Kier alpha value is -3.39. The minimum Gasteiger partial charge on any atom is -0.451 e. The van der Waals surface area contributed by atoms with Crippen LogP contribution >= 0.6 is 0 Å². The standard InChI is InChI=1S/C23H26F2N4O2.C2H6/c1-4-5-6-15-13(2)23(30)29(3)12-17(15)16-8-9-19(28-27)21(26)22(16)31-20-10-7-14(24)11-18(20)25;1-2/h5-13,15,28H,4,26-27H2,1-3H3;1-2H3/b6-5-;. The highest BCUT2D eigenvalue weighted by Crippen LogP contribution is 2.45. The van der Waals surface area contributed by atoms with Crippen molar-refractivity contribution in [1.29, 1.82) is 0 Å². The highest BCUT2D eigenvalue weighted by Gasteiger charge is 2.34. The number of hydrogen-bond acceptors (Lipinski definition) is 5. The van der Waals surface area contributed by atoms with E-state index in [4.69, 9.17) is 16.3 Å². The summed E-state index contributed by atoms with van der Waals surface area (Å²) in [5.74, 6) is 3.38. The van der Waals surface area contributed by atoms with Gasteiger partial charge in [-0.2, -0.15) is 0 Å². The van der Waals surface area contributed by atoms with Crippen molar-refractivity contribution >= 4 is 22.9 Å². The lowest BCUT2D eigenvalue weighted by Gasteiger charge is -2.33. The number of nitrogens with one attached hydrogen (secondary N) is 1. The van der Waals surface area contributed by atoms with Gasteiger partial charge in [-0.3, -0.25) is 10.6 Å². The average molecular weight is 459 g/mol. The molecule has 0 aromatic heterocycles. The molecule has 3 rings (SSSR count). The van der Waals surface area contributed by atoms with E-state index in [0.717, 1.165) is 24.1 Å². The first kappa shape index (κ1) is 25.9. The molecule has 8 heteroatoms. The fourth-order valence-electron chi connectivity index (χ4n) is 3.64. The second kappa shape index (κ2) is 11.5. The number of allylic oxidation sites excluding steroid dienone is 3. The molecule has 0 saturated carbocycles. The highest BCUT2D eigenvalue weighted by atomic mass is 19.1. The summed E-state index contributed by atoms with van der Waals surface area (Å²) in [6.45, 7) is 7.86. The fourth-order valence-corrected chi connectivity index (χ4v) is 3.64. The van der Waals surface area contributed by atoms with Gasteiger partial charge in [-0.25, -0.2) is 8.78 Å². The number of carbonyl (C=O) groups excluding carboxylic acids is 1. The van der Waals surface area contributed by atoms with Crippen molar-refractivity contribution in [1.82, 2.24) is 4.90 Å². The van der Waals surface area contributed by atoms with Crippen molar-refractivity contribution in [3.05, 3.63) is 65.9 Å². The molecular weight excluding hydrogens is 426 g/mol. The molecular formula is C25H32F2N4O2. The molecule has 0 spiro atoms. The Bertz CT molecular complexity index is 1050. The van der Waals surface area contributed by atoms with E-state index in [1.165, 1.54) is 11.0 Å². The monoisotopic (exact) mass is 458 g/mol. The zero-order valence-corrected chi connectivity index (χ0v) is 19.7. The van der Waals surface area contributed by atoms with Crippen molar-refractivity contribution in [3.63, 3.8) is 0 Å². The zero-order chi connectivity index (χ0) is 24.7. The van der Waals surface area contributed by atoms with Gasteiger partial charge in [-0.05, 0) is 36.3 Å². The lowest BCUT2D eigenvalue weighted by atomic mass is 9.80. The first-order valence-corrected chi connectivity index (χ1v) is 11.0. The van der Waals surface area contributed by atoms with Crippen LogP contribution in [0.25, 0.3) is 5.57 Å². The third-order valence-electron chi connectivity index (χ3n) is 5.32. The Kier molecular flexibility index (Phi) is 8.99. The van der Waals surface area contributed by atoms with Gasteiger partial charge in [0.05, 0.1) is 5.69 Å². The van der Waals surface area contributed by atoms with Gasteiger partial charge < -0.3 is 20.8 Å². The highest BCUT2D eigenvalue weighted by molar-refractivity contribution is 5.91. The first-order valence-electron chi connectivity index (χ1n) is 11.0. The predicted molar refractivity (Wildman–Crippen MR) is 129 cm³/mol. The van der Waals surface area contributed by atoms with Crippen LogP contribution in [0.4, 0.5) is 20.2 Å². The minimum atomic E-state index is -0.864. The number of anilines is 2. The van der Waals surface area contributed by atoms with Crippen molar-refractivity contribution in [3.8, 4) is 11.5 Å². The molecule has 33 heavy (non-hydrogen) atoms. The molecule has 1 aliphatic heterocycles. The summed E-state index contributed by atoms with van der Waals surface area (Å²) in [7, 11) is 1.68. The number of ether oxygens (including phenoxy) is 1. The van der Waals surface area contributed by atoms with Crippen molar-refractivity contribution < 1.29 is 18.3 Å². The summed E-state index contributed by atoms with van der Waals surface area (Å²) in [5.41, 5.74) is 10.7. The maximum atomic E-state index is 14.3. The topological polar surface area (TPSA) is 93.6 Å². The molecule has 1 aliphatic rings. The van der Waals surface area contributed by atoms with Crippen LogP contribution in [0.3, 0.4) is 0 Å². The maximum absolute atomic E-state index is 14.3. The second-order valence-electron chi connectivity index (χ2n) is 7.41. The number of benzene rings is 2. The average Bonchev–Trinajstić information content (AvgIpc) is 2.81. The van der Waals surface area contributed by atoms with E-state index in [9.17, 15) is 13.6 Å². The lowest BCUT2D eigenvalue weighted by molar-refractivity contribution is -0.132. The van der Waals surface area contributed by atoms with Gasteiger partial charge in [0.15, 0.2) is 17.3 Å². The maximum Gasteiger partial charge on any atom is 0.230 e. The molecule has 178 valence electrons. The predicted octanol–water partition coefficient (Wildman–Crippen LogP) is 5.68. The Morgan fingerprint density at radius 2 is 1.91 bits per heavy atom. The lowest BCUT2D eigenvalue weighted by Crippen LogP contribution is -2.36. The Labute approximate surface area is 193 Å². The van der Waals surface area contributed by atoms with Gasteiger partial charge in [0.25, 0.3) is 0 Å². The zero-order valence-electron chi connectivity index (χ0n) is 19.7. The number of halogens is 2. The molecule has 5 N–H and O–H groups in total. The van der Waals surface area contributed by atoms with Crippen molar-refractivity contribution in [2.75, 3.05) is 18.2 Å². The number of amides is 1.